The summed E-state index contributed by atoms with van der Waals surface area (Å²) < 4.78 is 11.6. The third-order valence-corrected chi connectivity index (χ3v) is 5.99. The van der Waals surface area contributed by atoms with Crippen LogP contribution in [-0.2, 0) is 9.47 Å². The highest BCUT2D eigenvalue weighted by Gasteiger charge is 2.47. The second-order valence-corrected chi connectivity index (χ2v) is 7.11. The van der Waals surface area contributed by atoms with Gasteiger partial charge >= 0.3 is 0 Å². The zero-order valence-electron chi connectivity index (χ0n) is 12.3. The fourth-order valence-electron chi connectivity index (χ4n) is 4.41. The topological polar surface area (TPSA) is 44.5 Å². The summed E-state index contributed by atoms with van der Waals surface area (Å²) in [4.78, 5) is 0. The minimum atomic E-state index is 0.0108. The molecule has 3 nitrogen and oxygen atoms in total. The van der Waals surface area contributed by atoms with Gasteiger partial charge in [-0.05, 0) is 50.4 Å². The molecule has 2 atom stereocenters. The van der Waals surface area contributed by atoms with E-state index in [2.05, 4.69) is 6.92 Å². The van der Waals surface area contributed by atoms with Gasteiger partial charge in [-0.3, -0.25) is 0 Å². The van der Waals surface area contributed by atoms with Crippen molar-refractivity contribution in [2.24, 2.45) is 17.6 Å². The molecule has 19 heavy (non-hydrogen) atoms. The van der Waals surface area contributed by atoms with Crippen LogP contribution in [0.2, 0.25) is 0 Å². The van der Waals surface area contributed by atoms with Crippen molar-refractivity contribution in [2.75, 3.05) is 19.8 Å². The maximum absolute atomic E-state index is 6.81. The molecule has 0 radical (unpaired) electrons. The lowest BCUT2D eigenvalue weighted by atomic mass is 9.65. The summed E-state index contributed by atoms with van der Waals surface area (Å²) in [5.41, 5.74) is 6.89. The Labute approximate surface area is 117 Å². The fraction of sp³-hybridized carbons (Fsp3) is 1.00. The second kappa shape index (κ2) is 5.34. The van der Waals surface area contributed by atoms with Crippen LogP contribution in [0.15, 0.2) is 0 Å². The maximum atomic E-state index is 6.81. The molecule has 3 heteroatoms. The lowest BCUT2D eigenvalue weighted by Gasteiger charge is -2.48. The Morgan fingerprint density at radius 1 is 1.11 bits per heavy atom. The van der Waals surface area contributed by atoms with E-state index >= 15 is 0 Å². The van der Waals surface area contributed by atoms with E-state index in [1.165, 1.54) is 32.1 Å². The molecule has 0 aromatic heterocycles. The summed E-state index contributed by atoms with van der Waals surface area (Å²) in [5.74, 6) is 1.56. The normalized spacial score (nSPS) is 47.7. The molecule has 2 aliphatic heterocycles. The molecule has 1 aliphatic carbocycles. The summed E-state index contributed by atoms with van der Waals surface area (Å²) >= 11 is 0. The van der Waals surface area contributed by atoms with Crippen molar-refractivity contribution in [2.45, 2.75) is 69.4 Å². The summed E-state index contributed by atoms with van der Waals surface area (Å²) in [7, 11) is 0. The van der Waals surface area contributed by atoms with Crippen LogP contribution in [0.4, 0.5) is 0 Å². The van der Waals surface area contributed by atoms with Gasteiger partial charge in [0.15, 0.2) is 0 Å². The van der Waals surface area contributed by atoms with Crippen LogP contribution in [0.5, 0.6) is 0 Å². The van der Waals surface area contributed by atoms with Crippen molar-refractivity contribution in [1.29, 1.82) is 0 Å². The Balaban J connectivity index is 1.64. The number of hydrogen-bond donors (Lipinski definition) is 1. The highest BCUT2D eigenvalue weighted by molar-refractivity contribution is 5.01. The fourth-order valence-corrected chi connectivity index (χ4v) is 4.41. The van der Waals surface area contributed by atoms with E-state index in [4.69, 9.17) is 15.2 Å². The average Bonchev–Trinajstić information content (AvgIpc) is 2.88. The van der Waals surface area contributed by atoms with Gasteiger partial charge < -0.3 is 15.2 Å². The number of rotatable bonds is 2. The zero-order valence-corrected chi connectivity index (χ0v) is 12.3. The van der Waals surface area contributed by atoms with Gasteiger partial charge in [-0.1, -0.05) is 13.3 Å². The molecule has 3 rings (SSSR count). The molecule has 3 aliphatic rings. The lowest BCUT2D eigenvalue weighted by molar-refractivity contribution is -0.113. The summed E-state index contributed by atoms with van der Waals surface area (Å²) in [6, 6.07) is 0. The van der Waals surface area contributed by atoms with Gasteiger partial charge in [0.1, 0.15) is 0 Å². The SMILES string of the molecule is CCC1CCC(N)(C2CCOC3(CCOC3)C2)CC1. The van der Waals surface area contributed by atoms with Crippen molar-refractivity contribution < 1.29 is 9.47 Å². The molecular formula is C16H29NO2. The largest absolute Gasteiger partial charge is 0.378 e. The van der Waals surface area contributed by atoms with Crippen LogP contribution in [0.25, 0.3) is 0 Å². The molecule has 0 aromatic carbocycles. The molecule has 2 unspecified atom stereocenters. The minimum Gasteiger partial charge on any atom is -0.378 e. The quantitative estimate of drug-likeness (QED) is 0.836. The van der Waals surface area contributed by atoms with E-state index in [1.807, 2.05) is 0 Å². The minimum absolute atomic E-state index is 0.0108. The van der Waals surface area contributed by atoms with E-state index in [0.29, 0.717) is 5.92 Å². The number of hydrogen-bond acceptors (Lipinski definition) is 3. The standard InChI is InChI=1S/C16H29NO2/c1-2-13-3-6-16(17,7-4-13)14-5-9-19-15(11-14)8-10-18-12-15/h13-14H,2-12,17H2,1H3. The Morgan fingerprint density at radius 3 is 2.53 bits per heavy atom. The lowest BCUT2D eigenvalue weighted by Crippen LogP contribution is -2.55. The van der Waals surface area contributed by atoms with E-state index in [1.54, 1.807) is 0 Å². The molecule has 110 valence electrons. The van der Waals surface area contributed by atoms with Gasteiger partial charge in [0.2, 0.25) is 0 Å². The van der Waals surface area contributed by atoms with Crippen molar-refractivity contribution in [1.82, 2.24) is 0 Å². The Morgan fingerprint density at radius 2 is 1.89 bits per heavy atom. The molecule has 0 aromatic rings. The molecule has 0 amide bonds. The molecule has 2 N–H and O–H groups in total. The van der Waals surface area contributed by atoms with E-state index in [-0.39, 0.29) is 11.1 Å². The average molecular weight is 267 g/mol. The van der Waals surface area contributed by atoms with Gasteiger partial charge in [-0.15, -0.1) is 0 Å². The van der Waals surface area contributed by atoms with Crippen LogP contribution in [0, 0.1) is 11.8 Å². The molecule has 2 heterocycles. The third kappa shape index (κ3) is 2.70. The first kappa shape index (κ1) is 13.8. The molecule has 0 bridgehead atoms. The van der Waals surface area contributed by atoms with Gasteiger partial charge in [-0.2, -0.15) is 0 Å². The van der Waals surface area contributed by atoms with Crippen molar-refractivity contribution in [3.63, 3.8) is 0 Å². The van der Waals surface area contributed by atoms with Crippen molar-refractivity contribution in [3.05, 3.63) is 0 Å². The molecule has 2 saturated heterocycles. The van der Waals surface area contributed by atoms with Crippen LogP contribution in [-0.4, -0.2) is 31.0 Å². The molecule has 3 fully saturated rings. The Kier molecular flexibility index (Phi) is 3.89. The Hall–Kier alpha value is -0.120. The Bertz CT molecular complexity index is 304. The first-order valence-electron chi connectivity index (χ1n) is 8.16. The number of ether oxygens (including phenoxy) is 2. The number of nitrogens with two attached hydrogens (primary N) is 1. The maximum Gasteiger partial charge on any atom is 0.0940 e. The third-order valence-electron chi connectivity index (χ3n) is 5.99. The zero-order chi connectivity index (χ0) is 13.3. The van der Waals surface area contributed by atoms with Crippen molar-refractivity contribution in [3.8, 4) is 0 Å². The summed E-state index contributed by atoms with van der Waals surface area (Å²) in [6.45, 7) is 4.84. The molecule has 1 spiro atoms. The van der Waals surface area contributed by atoms with Gasteiger partial charge in [-0.25, -0.2) is 0 Å². The van der Waals surface area contributed by atoms with Crippen LogP contribution in [0.1, 0.15) is 58.3 Å². The highest BCUT2D eigenvalue weighted by Crippen LogP contribution is 2.45. The highest BCUT2D eigenvalue weighted by atomic mass is 16.6. The van der Waals surface area contributed by atoms with E-state index in [0.717, 1.165) is 45.0 Å². The first-order chi connectivity index (χ1) is 9.16. The molecular weight excluding hydrogens is 238 g/mol. The van der Waals surface area contributed by atoms with Crippen LogP contribution < -0.4 is 5.73 Å². The second-order valence-electron chi connectivity index (χ2n) is 7.11. The predicted molar refractivity (Wildman–Crippen MR) is 76.0 cm³/mol. The first-order valence-corrected chi connectivity index (χ1v) is 8.16. The predicted octanol–water partition coefficient (Wildman–Crippen LogP) is 2.87. The van der Waals surface area contributed by atoms with Crippen LogP contribution in [0.3, 0.4) is 0 Å². The summed E-state index contributed by atoms with van der Waals surface area (Å²) in [5, 5.41) is 0. The van der Waals surface area contributed by atoms with E-state index < -0.39 is 0 Å². The monoisotopic (exact) mass is 267 g/mol. The van der Waals surface area contributed by atoms with E-state index in [9.17, 15) is 0 Å². The van der Waals surface area contributed by atoms with Gasteiger partial charge in [0, 0.05) is 25.2 Å². The van der Waals surface area contributed by atoms with Gasteiger partial charge in [0.05, 0.1) is 12.2 Å². The molecule has 1 saturated carbocycles. The van der Waals surface area contributed by atoms with Crippen LogP contribution >= 0.6 is 0 Å². The summed E-state index contributed by atoms with van der Waals surface area (Å²) in [6.07, 6.45) is 9.75. The van der Waals surface area contributed by atoms with Gasteiger partial charge in [0.25, 0.3) is 0 Å². The smallest absolute Gasteiger partial charge is 0.0940 e. The van der Waals surface area contributed by atoms with Crippen molar-refractivity contribution >= 4 is 0 Å².